The number of benzene rings is 2. The molecule has 0 spiro atoms. The number of methoxy groups -OCH3 is 1. The molecule has 0 bridgehead atoms. The van der Waals surface area contributed by atoms with Crippen LogP contribution in [0.5, 0.6) is 11.5 Å². The normalized spacial score (nSPS) is 15.3. The van der Waals surface area contributed by atoms with Gasteiger partial charge in [0.05, 0.1) is 38.8 Å². The molecule has 0 fully saturated rings. The average Bonchev–Trinajstić information content (AvgIpc) is 3.60. The Morgan fingerprint density at radius 1 is 1.20 bits per heavy atom. The minimum absolute atomic E-state index is 0.0955. The second-order valence-corrected chi connectivity index (χ2v) is 12.8. The molecule has 1 aliphatic heterocycles. The number of ketones is 1. The van der Waals surface area contributed by atoms with E-state index in [2.05, 4.69) is 31.1 Å². The quantitative estimate of drug-likeness (QED) is 0.127. The first-order chi connectivity index (χ1) is 19.1. The fraction of sp³-hybridized carbons (Fsp3) is 0.192. The molecule has 14 heteroatoms. The zero-order chi connectivity index (χ0) is 28.7. The maximum Gasteiger partial charge on any atom is 0.296 e. The number of rotatable bonds is 8. The first-order valence-corrected chi connectivity index (χ1v) is 15.0. The minimum atomic E-state index is -1.12. The lowest BCUT2D eigenvalue weighted by molar-refractivity contribution is -0.117. The van der Waals surface area contributed by atoms with Crippen LogP contribution in [0.4, 0.5) is 9.52 Å². The fourth-order valence-corrected chi connectivity index (χ4v) is 7.42. The maximum absolute atomic E-state index is 14.1. The third-order valence-corrected chi connectivity index (χ3v) is 9.84. The number of phenols is 1. The number of amides is 1. The van der Waals surface area contributed by atoms with Crippen LogP contribution in [0.3, 0.4) is 0 Å². The molecular formula is C26H20BrFN4O5S3. The number of phenolic OH excluding ortho intramolecular Hbond substituents is 1. The zero-order valence-corrected chi connectivity index (χ0v) is 25.2. The van der Waals surface area contributed by atoms with Crippen LogP contribution in [0.25, 0.3) is 0 Å². The van der Waals surface area contributed by atoms with Gasteiger partial charge in [-0.3, -0.25) is 14.5 Å². The van der Waals surface area contributed by atoms with E-state index in [0.29, 0.717) is 31.0 Å². The molecule has 4 aromatic rings. The standard InChI is InChI=1S/C26H20BrFN4O5S3/c1-11-23(39-12(2)29-11)21(34)18-19(14-8-15(27)20(33)17(9-14)37-3)32(24(36)22(18)35)25-30-31-26(40-25)38-10-13-6-4-5-7-16(13)28/h4-9,19,33,35H,10H2,1-3H3. The first kappa shape index (κ1) is 28.2. The number of hydrogen-bond acceptors (Lipinski definition) is 11. The van der Waals surface area contributed by atoms with Gasteiger partial charge < -0.3 is 14.9 Å². The molecule has 2 aromatic heterocycles. The summed E-state index contributed by atoms with van der Waals surface area (Å²) in [5.41, 5.74) is 1.18. The molecule has 3 heterocycles. The summed E-state index contributed by atoms with van der Waals surface area (Å²) in [6.45, 7) is 3.44. The van der Waals surface area contributed by atoms with E-state index in [1.807, 2.05) is 0 Å². The Morgan fingerprint density at radius 2 is 1.95 bits per heavy atom. The predicted molar refractivity (Wildman–Crippen MR) is 154 cm³/mol. The van der Waals surface area contributed by atoms with Crippen molar-refractivity contribution in [1.29, 1.82) is 0 Å². The molecule has 9 nitrogen and oxygen atoms in total. The van der Waals surface area contributed by atoms with Crippen LogP contribution in [0, 0.1) is 19.7 Å². The third-order valence-electron chi connectivity index (χ3n) is 6.06. The molecule has 2 N–H and O–H groups in total. The number of hydrogen-bond donors (Lipinski definition) is 2. The molecule has 1 amide bonds. The van der Waals surface area contributed by atoms with E-state index in [4.69, 9.17) is 4.74 Å². The number of aliphatic hydroxyl groups excluding tert-OH is 1. The summed E-state index contributed by atoms with van der Waals surface area (Å²) in [6.07, 6.45) is 0. The average molecular weight is 664 g/mol. The second kappa shape index (κ2) is 11.3. The maximum atomic E-state index is 14.1. The van der Waals surface area contributed by atoms with Crippen molar-refractivity contribution in [3.05, 3.63) is 84.7 Å². The number of aromatic hydroxyl groups is 1. The van der Waals surface area contributed by atoms with E-state index in [0.717, 1.165) is 22.7 Å². The number of nitrogens with zero attached hydrogens (tertiary/aromatic N) is 4. The molecule has 1 atom stereocenters. The molecule has 5 rings (SSSR count). The van der Waals surface area contributed by atoms with Crippen molar-refractivity contribution in [3.8, 4) is 11.5 Å². The van der Waals surface area contributed by atoms with Crippen molar-refractivity contribution in [2.45, 2.75) is 30.0 Å². The number of halogens is 2. The Balaban J connectivity index is 1.57. The van der Waals surface area contributed by atoms with Gasteiger partial charge in [0.1, 0.15) is 5.82 Å². The summed E-state index contributed by atoms with van der Waals surface area (Å²) in [6, 6.07) is 8.29. The Kier molecular flexibility index (Phi) is 7.95. The van der Waals surface area contributed by atoms with Gasteiger partial charge in [-0.25, -0.2) is 9.37 Å². The van der Waals surface area contributed by atoms with Crippen molar-refractivity contribution >= 4 is 67.2 Å². The lowest BCUT2D eigenvalue weighted by Gasteiger charge is -2.24. The van der Waals surface area contributed by atoms with E-state index < -0.39 is 23.5 Å². The fourth-order valence-electron chi connectivity index (χ4n) is 4.23. The summed E-state index contributed by atoms with van der Waals surface area (Å²) in [5.74, 6) is -2.23. The minimum Gasteiger partial charge on any atom is -0.503 e. The lowest BCUT2D eigenvalue weighted by Crippen LogP contribution is -2.31. The number of aryl methyl sites for hydroxylation is 2. The molecule has 0 aliphatic carbocycles. The Bertz CT molecular complexity index is 1690. The Hall–Kier alpha value is -3.33. The lowest BCUT2D eigenvalue weighted by atomic mass is 9.95. The van der Waals surface area contributed by atoms with Gasteiger partial charge in [-0.05, 0) is 59.1 Å². The number of thioether (sulfide) groups is 1. The SMILES string of the molecule is COc1cc(C2C(C(=O)c3sc(C)nc3C)=C(O)C(=O)N2c2nnc(SCc3ccccc3F)s2)cc(Br)c1O. The molecule has 206 valence electrons. The van der Waals surface area contributed by atoms with Crippen LogP contribution in [-0.4, -0.2) is 44.2 Å². The Morgan fingerprint density at radius 3 is 2.62 bits per heavy atom. The summed E-state index contributed by atoms with van der Waals surface area (Å²) in [7, 11) is 1.37. The highest BCUT2D eigenvalue weighted by molar-refractivity contribution is 9.10. The van der Waals surface area contributed by atoms with Gasteiger partial charge in [0.15, 0.2) is 21.6 Å². The topological polar surface area (TPSA) is 126 Å². The van der Waals surface area contributed by atoms with Crippen LogP contribution in [0.1, 0.15) is 37.5 Å². The van der Waals surface area contributed by atoms with Crippen molar-refractivity contribution in [1.82, 2.24) is 15.2 Å². The summed E-state index contributed by atoms with van der Waals surface area (Å²) in [5, 5.41) is 30.6. The number of carbonyl (C=O) groups excluding carboxylic acids is 2. The van der Waals surface area contributed by atoms with E-state index in [1.54, 1.807) is 32.0 Å². The van der Waals surface area contributed by atoms with Gasteiger partial charge in [0.2, 0.25) is 10.9 Å². The number of aliphatic hydroxyl groups is 1. The van der Waals surface area contributed by atoms with Crippen LogP contribution in [0.2, 0.25) is 0 Å². The molecule has 1 unspecified atom stereocenters. The summed E-state index contributed by atoms with van der Waals surface area (Å²) in [4.78, 5) is 33.1. The number of ether oxygens (including phenoxy) is 1. The molecular weight excluding hydrogens is 643 g/mol. The second-order valence-electron chi connectivity index (χ2n) is 8.60. The third kappa shape index (κ3) is 5.11. The van der Waals surface area contributed by atoms with Crippen molar-refractivity contribution in [3.63, 3.8) is 0 Å². The van der Waals surface area contributed by atoms with Crippen LogP contribution >= 0.6 is 50.4 Å². The van der Waals surface area contributed by atoms with Crippen LogP contribution < -0.4 is 9.64 Å². The number of aromatic nitrogens is 3. The van der Waals surface area contributed by atoms with Crippen molar-refractivity contribution < 1.29 is 28.9 Å². The van der Waals surface area contributed by atoms with Gasteiger partial charge in [-0.1, -0.05) is 41.3 Å². The molecule has 0 radical (unpaired) electrons. The summed E-state index contributed by atoms with van der Waals surface area (Å²) < 4.78 is 20.1. The highest BCUT2D eigenvalue weighted by Gasteiger charge is 2.47. The monoisotopic (exact) mass is 662 g/mol. The first-order valence-electron chi connectivity index (χ1n) is 11.6. The van der Waals surface area contributed by atoms with E-state index in [-0.39, 0.29) is 38.2 Å². The number of Topliss-reactive ketones (excluding diaryl/α,β-unsaturated/α-hetero) is 1. The molecule has 2 aromatic carbocycles. The number of thiazole rings is 1. The zero-order valence-electron chi connectivity index (χ0n) is 21.1. The Labute approximate surface area is 248 Å². The summed E-state index contributed by atoms with van der Waals surface area (Å²) >= 11 is 6.77. The van der Waals surface area contributed by atoms with E-state index in [9.17, 15) is 24.2 Å². The van der Waals surface area contributed by atoms with Gasteiger partial charge in [-0.2, -0.15) is 0 Å². The molecule has 1 aliphatic rings. The highest BCUT2D eigenvalue weighted by Crippen LogP contribution is 2.47. The predicted octanol–water partition coefficient (Wildman–Crippen LogP) is 6.30. The van der Waals surface area contributed by atoms with Gasteiger partial charge in [0, 0.05) is 5.75 Å². The van der Waals surface area contributed by atoms with Gasteiger partial charge >= 0.3 is 0 Å². The molecule has 0 saturated heterocycles. The smallest absolute Gasteiger partial charge is 0.296 e. The van der Waals surface area contributed by atoms with Gasteiger partial charge in [-0.15, -0.1) is 21.5 Å². The van der Waals surface area contributed by atoms with Crippen molar-refractivity contribution in [2.24, 2.45) is 0 Å². The van der Waals surface area contributed by atoms with E-state index >= 15 is 0 Å². The number of anilines is 1. The largest absolute Gasteiger partial charge is 0.503 e. The van der Waals surface area contributed by atoms with E-state index in [1.165, 1.54) is 42.0 Å². The highest BCUT2D eigenvalue weighted by atomic mass is 79.9. The van der Waals surface area contributed by atoms with Gasteiger partial charge in [0.25, 0.3) is 5.91 Å². The molecule has 40 heavy (non-hydrogen) atoms. The van der Waals surface area contributed by atoms with Crippen molar-refractivity contribution in [2.75, 3.05) is 12.0 Å². The van der Waals surface area contributed by atoms with Crippen LogP contribution in [-0.2, 0) is 10.5 Å². The number of carbonyl (C=O) groups is 2. The molecule has 0 saturated carbocycles. The van der Waals surface area contributed by atoms with Crippen LogP contribution in [0.15, 0.2) is 56.5 Å².